The minimum absolute atomic E-state index is 0.0109. The van der Waals surface area contributed by atoms with Crippen molar-refractivity contribution in [2.24, 2.45) is 0 Å². The second-order valence-electron chi connectivity index (χ2n) is 4.53. The standard InChI is InChI=1S/C14H10N2O4/c1-6(17)7-2-3-10-8(4-7)11-9(14(19)20)5-15-12(11)13(18)16-10/h2-5,15H,1H3,(H,16,18)(H,19,20). The summed E-state index contributed by atoms with van der Waals surface area (Å²) in [7, 11) is 0. The van der Waals surface area contributed by atoms with Gasteiger partial charge in [0.15, 0.2) is 5.78 Å². The molecule has 0 aliphatic carbocycles. The van der Waals surface area contributed by atoms with E-state index in [1.54, 1.807) is 18.2 Å². The Balaban J connectivity index is 2.56. The van der Waals surface area contributed by atoms with Crippen LogP contribution in [0.2, 0.25) is 0 Å². The summed E-state index contributed by atoms with van der Waals surface area (Å²) >= 11 is 0. The van der Waals surface area contributed by atoms with Crippen LogP contribution >= 0.6 is 0 Å². The number of carboxylic acid groups (broad SMARTS) is 1. The van der Waals surface area contributed by atoms with E-state index in [0.29, 0.717) is 21.9 Å². The van der Waals surface area contributed by atoms with Gasteiger partial charge < -0.3 is 15.1 Å². The Morgan fingerprint density at radius 3 is 2.65 bits per heavy atom. The predicted molar refractivity (Wildman–Crippen MR) is 73.4 cm³/mol. The van der Waals surface area contributed by atoms with Crippen molar-refractivity contribution in [1.29, 1.82) is 0 Å². The van der Waals surface area contributed by atoms with Gasteiger partial charge in [-0.05, 0) is 25.1 Å². The van der Waals surface area contributed by atoms with Gasteiger partial charge in [-0.25, -0.2) is 4.79 Å². The third kappa shape index (κ3) is 1.62. The maximum absolute atomic E-state index is 11.9. The minimum atomic E-state index is -1.13. The van der Waals surface area contributed by atoms with E-state index in [1.165, 1.54) is 13.1 Å². The summed E-state index contributed by atoms with van der Waals surface area (Å²) in [5.74, 6) is -1.25. The average Bonchev–Trinajstić information content (AvgIpc) is 2.84. The van der Waals surface area contributed by atoms with E-state index < -0.39 is 11.5 Å². The van der Waals surface area contributed by atoms with Gasteiger partial charge in [0.1, 0.15) is 5.52 Å². The molecule has 100 valence electrons. The van der Waals surface area contributed by atoms with Gasteiger partial charge >= 0.3 is 5.97 Å². The Bertz CT molecular complexity index is 933. The van der Waals surface area contributed by atoms with Crippen LogP contribution in [0.1, 0.15) is 27.6 Å². The van der Waals surface area contributed by atoms with Gasteiger partial charge in [0, 0.05) is 28.0 Å². The molecule has 20 heavy (non-hydrogen) atoms. The van der Waals surface area contributed by atoms with Gasteiger partial charge in [0.2, 0.25) is 0 Å². The molecule has 1 aromatic carbocycles. The van der Waals surface area contributed by atoms with Crippen molar-refractivity contribution in [2.75, 3.05) is 0 Å². The first-order valence-corrected chi connectivity index (χ1v) is 5.90. The van der Waals surface area contributed by atoms with Gasteiger partial charge in [-0.2, -0.15) is 0 Å². The molecule has 3 N–H and O–H groups in total. The highest BCUT2D eigenvalue weighted by Gasteiger charge is 2.16. The first-order valence-electron chi connectivity index (χ1n) is 5.90. The number of ketones is 1. The summed E-state index contributed by atoms with van der Waals surface area (Å²) < 4.78 is 0. The van der Waals surface area contributed by atoms with E-state index in [-0.39, 0.29) is 16.9 Å². The molecule has 0 radical (unpaired) electrons. The molecule has 0 atom stereocenters. The van der Waals surface area contributed by atoms with Crippen LogP contribution < -0.4 is 5.56 Å². The lowest BCUT2D eigenvalue weighted by Gasteiger charge is -2.03. The largest absolute Gasteiger partial charge is 0.478 e. The number of carbonyl (C=O) groups is 2. The molecular weight excluding hydrogens is 260 g/mol. The predicted octanol–water partition coefficient (Wildman–Crippen LogP) is 1.91. The summed E-state index contributed by atoms with van der Waals surface area (Å²) in [6.07, 6.45) is 1.28. The summed E-state index contributed by atoms with van der Waals surface area (Å²) in [6, 6.07) is 4.79. The second-order valence-corrected chi connectivity index (χ2v) is 4.53. The number of fused-ring (bicyclic) bond motifs is 3. The molecule has 2 heterocycles. The van der Waals surface area contributed by atoms with E-state index in [1.807, 2.05) is 0 Å². The summed E-state index contributed by atoms with van der Waals surface area (Å²) in [5.41, 5.74) is 0.765. The molecule has 0 saturated carbocycles. The molecule has 0 spiro atoms. The fourth-order valence-electron chi connectivity index (χ4n) is 2.31. The van der Waals surface area contributed by atoms with Crippen molar-refractivity contribution >= 4 is 33.6 Å². The number of hydrogen-bond donors (Lipinski definition) is 3. The monoisotopic (exact) mass is 270 g/mol. The maximum atomic E-state index is 11.9. The molecule has 0 aliphatic rings. The van der Waals surface area contributed by atoms with E-state index >= 15 is 0 Å². The molecule has 0 bridgehead atoms. The normalized spacial score (nSPS) is 11.1. The summed E-state index contributed by atoms with van der Waals surface area (Å²) in [5, 5.41) is 10.1. The zero-order chi connectivity index (χ0) is 14.4. The molecule has 6 heteroatoms. The zero-order valence-electron chi connectivity index (χ0n) is 10.5. The van der Waals surface area contributed by atoms with Crippen molar-refractivity contribution in [3.05, 3.63) is 45.9 Å². The van der Waals surface area contributed by atoms with E-state index in [4.69, 9.17) is 0 Å². The topological polar surface area (TPSA) is 103 Å². The highest BCUT2D eigenvalue weighted by atomic mass is 16.4. The van der Waals surface area contributed by atoms with E-state index in [0.717, 1.165) is 0 Å². The highest BCUT2D eigenvalue weighted by Crippen LogP contribution is 2.25. The third-order valence-electron chi connectivity index (χ3n) is 3.28. The lowest BCUT2D eigenvalue weighted by molar-refractivity contribution is 0.0699. The molecular formula is C14H10N2O4. The highest BCUT2D eigenvalue weighted by molar-refractivity contribution is 6.15. The minimum Gasteiger partial charge on any atom is -0.478 e. The molecule has 3 rings (SSSR count). The number of rotatable bonds is 2. The maximum Gasteiger partial charge on any atom is 0.337 e. The smallest absolute Gasteiger partial charge is 0.337 e. The van der Waals surface area contributed by atoms with Crippen LogP contribution in [0.15, 0.2) is 29.2 Å². The quantitative estimate of drug-likeness (QED) is 0.619. The van der Waals surface area contributed by atoms with Crippen LogP contribution in [0, 0.1) is 0 Å². The first-order chi connectivity index (χ1) is 9.49. The number of nitrogens with one attached hydrogen (secondary N) is 2. The van der Waals surface area contributed by atoms with Crippen LogP contribution in [-0.2, 0) is 0 Å². The molecule has 3 aromatic rings. The molecule has 2 aromatic heterocycles. The molecule has 0 unspecified atom stereocenters. The number of H-pyrrole nitrogens is 2. The lowest BCUT2D eigenvalue weighted by atomic mass is 10.0. The van der Waals surface area contributed by atoms with Gasteiger partial charge in [-0.1, -0.05) is 0 Å². The summed E-state index contributed by atoms with van der Waals surface area (Å²) in [6.45, 7) is 1.43. The van der Waals surface area contributed by atoms with Crippen molar-refractivity contribution in [1.82, 2.24) is 9.97 Å². The Labute approximate surface area is 112 Å². The van der Waals surface area contributed by atoms with Crippen LogP contribution in [0.3, 0.4) is 0 Å². The number of Topliss-reactive ketones (excluding diaryl/α,β-unsaturated/α-hetero) is 1. The second kappa shape index (κ2) is 4.06. The number of benzene rings is 1. The number of aromatic amines is 2. The molecule has 0 amide bonds. The number of carboxylic acids is 1. The third-order valence-corrected chi connectivity index (χ3v) is 3.28. The van der Waals surface area contributed by atoms with E-state index in [2.05, 4.69) is 9.97 Å². The fourth-order valence-corrected chi connectivity index (χ4v) is 2.31. The molecule has 6 nitrogen and oxygen atoms in total. The average molecular weight is 270 g/mol. The number of aromatic nitrogens is 2. The van der Waals surface area contributed by atoms with Crippen molar-refractivity contribution in [3.8, 4) is 0 Å². The van der Waals surface area contributed by atoms with Crippen LogP contribution in [0.5, 0.6) is 0 Å². The van der Waals surface area contributed by atoms with Crippen LogP contribution in [0.4, 0.5) is 0 Å². The van der Waals surface area contributed by atoms with Gasteiger partial charge in [-0.15, -0.1) is 0 Å². The number of pyridine rings is 1. The van der Waals surface area contributed by atoms with Crippen molar-refractivity contribution < 1.29 is 14.7 Å². The Morgan fingerprint density at radius 2 is 2.00 bits per heavy atom. The Morgan fingerprint density at radius 1 is 1.25 bits per heavy atom. The van der Waals surface area contributed by atoms with E-state index in [9.17, 15) is 19.5 Å². The van der Waals surface area contributed by atoms with Crippen molar-refractivity contribution in [2.45, 2.75) is 6.92 Å². The van der Waals surface area contributed by atoms with Crippen LogP contribution in [0.25, 0.3) is 21.8 Å². The molecule has 0 saturated heterocycles. The Hall–Kier alpha value is -2.89. The lowest BCUT2D eigenvalue weighted by Crippen LogP contribution is -2.07. The molecule has 0 aliphatic heterocycles. The van der Waals surface area contributed by atoms with Gasteiger partial charge in [0.25, 0.3) is 5.56 Å². The van der Waals surface area contributed by atoms with Crippen molar-refractivity contribution in [3.63, 3.8) is 0 Å². The number of carbonyl (C=O) groups excluding carboxylic acids is 1. The van der Waals surface area contributed by atoms with Crippen LogP contribution in [-0.4, -0.2) is 26.8 Å². The SMILES string of the molecule is CC(=O)c1ccc2[nH]c(=O)c3[nH]cc(C(=O)O)c3c2c1. The number of hydrogen-bond acceptors (Lipinski definition) is 3. The Kier molecular flexibility index (Phi) is 2.47. The molecule has 0 fully saturated rings. The summed E-state index contributed by atoms with van der Waals surface area (Å²) in [4.78, 5) is 39.9. The zero-order valence-corrected chi connectivity index (χ0v) is 10.5. The van der Waals surface area contributed by atoms with Gasteiger partial charge in [0.05, 0.1) is 5.56 Å². The number of aromatic carboxylic acids is 1. The fraction of sp³-hybridized carbons (Fsp3) is 0.0714. The first kappa shape index (κ1) is 12.2. The van der Waals surface area contributed by atoms with Gasteiger partial charge in [-0.3, -0.25) is 9.59 Å².